The fraction of sp³-hybridized carbons (Fsp3) is 0.704. The van der Waals surface area contributed by atoms with Crippen LogP contribution >= 0.6 is 0 Å². The predicted octanol–water partition coefficient (Wildman–Crippen LogP) is 3.35. The summed E-state index contributed by atoms with van der Waals surface area (Å²) < 4.78 is 6.29. The number of ether oxygens (including phenoxy) is 1. The average molecular weight is 497 g/mol. The maximum Gasteiger partial charge on any atom is 0.219 e. The third kappa shape index (κ3) is 4.87. The number of anilines is 1. The van der Waals surface area contributed by atoms with Crippen molar-refractivity contribution < 1.29 is 14.6 Å². The van der Waals surface area contributed by atoms with Crippen LogP contribution in [0.25, 0.3) is 5.76 Å². The van der Waals surface area contributed by atoms with Crippen molar-refractivity contribution in [2.45, 2.75) is 76.9 Å². The Bertz CT molecular complexity index is 1020. The summed E-state index contributed by atoms with van der Waals surface area (Å²) in [4.78, 5) is 26.8. The molecule has 0 amide bonds. The van der Waals surface area contributed by atoms with Gasteiger partial charge in [-0.05, 0) is 65.5 Å². The molecule has 5 rings (SSSR count). The van der Waals surface area contributed by atoms with Gasteiger partial charge in [0.05, 0.1) is 11.1 Å². The smallest absolute Gasteiger partial charge is 0.219 e. The summed E-state index contributed by atoms with van der Waals surface area (Å²) in [6.45, 7) is 6.57. The van der Waals surface area contributed by atoms with Gasteiger partial charge in [-0.15, -0.1) is 0 Å². The monoisotopic (exact) mass is 496 g/mol. The Kier molecular flexibility index (Phi) is 7.30. The highest BCUT2D eigenvalue weighted by molar-refractivity contribution is 6.18. The van der Waals surface area contributed by atoms with Gasteiger partial charge in [-0.3, -0.25) is 4.79 Å². The lowest BCUT2D eigenvalue weighted by Gasteiger charge is -2.40. The van der Waals surface area contributed by atoms with Crippen LogP contribution in [-0.4, -0.2) is 83.4 Å². The standard InChI is InChI=1S/C27H40N6O3/c1-18(20-8-6-12-29-20)36-23-17-22(33-15-13-32(2)14-16-33)30-26(31-23)24(35)19-7-5-11-27(25(19)28)10-4-3-9-21(27)34/h17-18,20,28-29,35H,3-16H2,1-2H3/b24-19-,28-25?/t18-,20-,27+/m0/s1. The van der Waals surface area contributed by atoms with E-state index in [1.165, 1.54) is 0 Å². The minimum Gasteiger partial charge on any atom is -0.504 e. The number of carbonyl (C=O) groups is 1. The fourth-order valence-corrected chi connectivity index (χ4v) is 6.26. The van der Waals surface area contributed by atoms with Crippen molar-refractivity contribution in [1.29, 1.82) is 5.41 Å². The first-order valence-corrected chi connectivity index (χ1v) is 13.7. The first-order valence-electron chi connectivity index (χ1n) is 13.7. The number of nitrogens with one attached hydrogen (secondary N) is 2. The lowest BCUT2D eigenvalue weighted by atomic mass is 9.62. The summed E-state index contributed by atoms with van der Waals surface area (Å²) >= 11 is 0. The number of hydrogen-bond donors (Lipinski definition) is 3. The number of allylic oxidation sites excluding steroid dienone is 1. The largest absolute Gasteiger partial charge is 0.504 e. The molecule has 9 nitrogen and oxygen atoms in total. The molecule has 0 unspecified atom stereocenters. The van der Waals surface area contributed by atoms with Crippen LogP contribution in [0.4, 0.5) is 5.82 Å². The minimum atomic E-state index is -0.753. The van der Waals surface area contributed by atoms with Crippen molar-refractivity contribution in [2.24, 2.45) is 5.41 Å². The molecule has 4 fully saturated rings. The van der Waals surface area contributed by atoms with Gasteiger partial charge in [0.15, 0.2) is 11.6 Å². The summed E-state index contributed by atoms with van der Waals surface area (Å²) in [5.74, 6) is 1.43. The van der Waals surface area contributed by atoms with Crippen molar-refractivity contribution in [1.82, 2.24) is 20.2 Å². The highest BCUT2D eigenvalue weighted by atomic mass is 16.5. The Hall–Kier alpha value is -2.52. The van der Waals surface area contributed by atoms with E-state index < -0.39 is 5.41 Å². The highest BCUT2D eigenvalue weighted by Crippen LogP contribution is 2.46. The molecule has 9 heteroatoms. The third-order valence-corrected chi connectivity index (χ3v) is 8.59. The Labute approximate surface area is 213 Å². The number of aliphatic hydroxyl groups is 1. The topological polar surface area (TPSA) is 115 Å². The highest BCUT2D eigenvalue weighted by Gasteiger charge is 2.47. The summed E-state index contributed by atoms with van der Waals surface area (Å²) in [5.41, 5.74) is 0.0377. The first kappa shape index (κ1) is 25.1. The molecule has 3 atom stereocenters. The number of piperazine rings is 1. The number of nitrogens with zero attached hydrogens (tertiary/aromatic N) is 4. The molecule has 2 saturated carbocycles. The second kappa shape index (κ2) is 10.5. The Morgan fingerprint density at radius 2 is 1.94 bits per heavy atom. The molecule has 1 aromatic rings. The maximum absolute atomic E-state index is 13.0. The summed E-state index contributed by atoms with van der Waals surface area (Å²) in [6.07, 6.45) is 7.22. The van der Waals surface area contributed by atoms with Crippen LogP contribution < -0.4 is 15.0 Å². The molecule has 2 saturated heterocycles. The van der Waals surface area contributed by atoms with Gasteiger partial charge in [-0.25, -0.2) is 4.98 Å². The van der Waals surface area contributed by atoms with Crippen molar-refractivity contribution in [2.75, 3.05) is 44.7 Å². The Morgan fingerprint density at radius 1 is 1.17 bits per heavy atom. The van der Waals surface area contributed by atoms with Crippen LogP contribution in [0.3, 0.4) is 0 Å². The van der Waals surface area contributed by atoms with E-state index in [0.29, 0.717) is 37.1 Å². The Balaban J connectivity index is 1.49. The SMILES string of the molecule is C[C@H](Oc1cc(N2CCN(C)CC2)nc(/C(O)=C2\CCC[C@@]3(CCCCC3=O)C2=N)n1)[C@@H]1CCCN1. The van der Waals surface area contributed by atoms with Gasteiger partial charge < -0.3 is 30.4 Å². The number of ketones is 1. The molecule has 0 radical (unpaired) electrons. The van der Waals surface area contributed by atoms with Gasteiger partial charge in [-0.1, -0.05) is 6.42 Å². The number of Topliss-reactive ketones (excluding diaryl/α,β-unsaturated/α-hetero) is 1. The van der Waals surface area contributed by atoms with E-state index in [4.69, 9.17) is 15.1 Å². The van der Waals surface area contributed by atoms with Gasteiger partial charge >= 0.3 is 0 Å². The maximum atomic E-state index is 13.0. The first-order chi connectivity index (χ1) is 17.4. The number of aromatic nitrogens is 2. The number of aliphatic hydroxyl groups excluding tert-OH is 1. The quantitative estimate of drug-likeness (QED) is 0.532. The van der Waals surface area contributed by atoms with Crippen molar-refractivity contribution >= 4 is 23.1 Å². The lowest BCUT2D eigenvalue weighted by molar-refractivity contribution is -0.128. The molecule has 3 N–H and O–H groups in total. The number of rotatable bonds is 5. The second-order valence-corrected chi connectivity index (χ2v) is 11.0. The zero-order valence-electron chi connectivity index (χ0n) is 21.7. The molecule has 0 bridgehead atoms. The van der Waals surface area contributed by atoms with E-state index >= 15 is 0 Å². The molecule has 36 heavy (non-hydrogen) atoms. The lowest BCUT2D eigenvalue weighted by Crippen LogP contribution is -2.45. The van der Waals surface area contributed by atoms with E-state index in [1.54, 1.807) is 0 Å². The average Bonchev–Trinajstić information content (AvgIpc) is 3.42. The van der Waals surface area contributed by atoms with E-state index in [2.05, 4.69) is 27.1 Å². The summed E-state index contributed by atoms with van der Waals surface area (Å²) in [5, 5.41) is 23.9. The van der Waals surface area contributed by atoms with Crippen molar-refractivity contribution in [3.8, 4) is 5.88 Å². The van der Waals surface area contributed by atoms with E-state index in [-0.39, 0.29) is 35.2 Å². The van der Waals surface area contributed by atoms with Gasteiger partial charge in [0.2, 0.25) is 5.88 Å². The van der Waals surface area contributed by atoms with Crippen LogP contribution in [0.5, 0.6) is 5.88 Å². The number of carbonyl (C=O) groups excluding carboxylic acids is 1. The van der Waals surface area contributed by atoms with Crippen LogP contribution in [-0.2, 0) is 4.79 Å². The summed E-state index contributed by atoms with van der Waals surface area (Å²) in [7, 11) is 2.11. The third-order valence-electron chi connectivity index (χ3n) is 8.59. The van der Waals surface area contributed by atoms with E-state index in [1.807, 2.05) is 13.0 Å². The van der Waals surface area contributed by atoms with Crippen LogP contribution in [0, 0.1) is 10.8 Å². The van der Waals surface area contributed by atoms with Crippen LogP contribution in [0.15, 0.2) is 11.6 Å². The zero-order chi connectivity index (χ0) is 25.3. The molecule has 2 aliphatic heterocycles. The van der Waals surface area contributed by atoms with Crippen LogP contribution in [0.1, 0.15) is 70.5 Å². The molecule has 196 valence electrons. The Morgan fingerprint density at radius 3 is 2.67 bits per heavy atom. The number of hydrogen-bond acceptors (Lipinski definition) is 9. The zero-order valence-corrected chi connectivity index (χ0v) is 21.7. The molecule has 3 heterocycles. The molecule has 2 aliphatic carbocycles. The van der Waals surface area contributed by atoms with Gasteiger partial charge in [0, 0.05) is 50.3 Å². The van der Waals surface area contributed by atoms with Gasteiger partial charge in [0.25, 0.3) is 0 Å². The van der Waals surface area contributed by atoms with E-state index in [9.17, 15) is 9.90 Å². The molecule has 0 aromatic carbocycles. The van der Waals surface area contributed by atoms with Crippen molar-refractivity contribution in [3.05, 3.63) is 17.5 Å². The summed E-state index contributed by atoms with van der Waals surface area (Å²) in [6, 6.07) is 2.14. The molecule has 4 aliphatic rings. The number of likely N-dealkylation sites (N-methyl/N-ethyl adjacent to an activating group) is 1. The molecular weight excluding hydrogens is 456 g/mol. The predicted molar refractivity (Wildman–Crippen MR) is 140 cm³/mol. The minimum absolute atomic E-state index is 0.0681. The normalized spacial score (nSPS) is 30.1. The molecular formula is C27H40N6O3. The van der Waals surface area contributed by atoms with Crippen LogP contribution in [0.2, 0.25) is 0 Å². The molecule has 1 spiro atoms. The molecule has 1 aromatic heterocycles. The second-order valence-electron chi connectivity index (χ2n) is 11.0. The fourth-order valence-electron chi connectivity index (χ4n) is 6.26. The van der Waals surface area contributed by atoms with Crippen molar-refractivity contribution in [3.63, 3.8) is 0 Å². The van der Waals surface area contributed by atoms with Gasteiger partial charge in [-0.2, -0.15) is 4.98 Å². The van der Waals surface area contributed by atoms with Gasteiger partial charge in [0.1, 0.15) is 17.7 Å². The van der Waals surface area contributed by atoms with E-state index in [0.717, 1.165) is 70.6 Å².